The van der Waals surface area contributed by atoms with Crippen molar-refractivity contribution >= 4 is 11.8 Å². The number of ether oxygens (including phenoxy) is 1. The summed E-state index contributed by atoms with van der Waals surface area (Å²) in [6, 6.07) is 8.38. The Morgan fingerprint density at radius 1 is 1.17 bits per heavy atom. The fourth-order valence-corrected chi connectivity index (χ4v) is 5.66. The van der Waals surface area contributed by atoms with E-state index in [4.69, 9.17) is 10.5 Å². The highest BCUT2D eigenvalue weighted by Gasteiger charge is 2.31. The van der Waals surface area contributed by atoms with E-state index in [0.717, 1.165) is 44.6 Å². The molecule has 1 saturated heterocycles. The number of imidazole rings is 1. The zero-order valence-electron chi connectivity index (χ0n) is 20.1. The standard InChI is InChI=1S/C26H35N5O4/c27-25(33)24-22(13-21(32)16-30-10-7-17-3-1-2-4-19(17)14-30)31-15-20(5-6-23(31)29-24)28-26(34)18-8-11-35-12-9-18/h1-4,18,20-21,32H,5-16H2,(H2,27,33)(H,28,34)/t20?,21-/m0/s1. The van der Waals surface area contributed by atoms with Gasteiger partial charge in [-0.2, -0.15) is 0 Å². The molecule has 0 radical (unpaired) electrons. The molecule has 4 heterocycles. The summed E-state index contributed by atoms with van der Waals surface area (Å²) in [6.45, 7) is 3.99. The molecule has 188 valence electrons. The van der Waals surface area contributed by atoms with Gasteiger partial charge >= 0.3 is 0 Å². The maximum atomic E-state index is 12.8. The summed E-state index contributed by atoms with van der Waals surface area (Å²) < 4.78 is 7.37. The van der Waals surface area contributed by atoms with Crippen LogP contribution in [0.15, 0.2) is 24.3 Å². The van der Waals surface area contributed by atoms with E-state index < -0.39 is 12.0 Å². The fraction of sp³-hybridized carbons (Fsp3) is 0.577. The average Bonchev–Trinajstić information content (AvgIpc) is 3.22. The van der Waals surface area contributed by atoms with Gasteiger partial charge in [0.1, 0.15) is 11.5 Å². The first-order valence-electron chi connectivity index (χ1n) is 12.7. The zero-order valence-corrected chi connectivity index (χ0v) is 20.1. The average molecular weight is 482 g/mol. The van der Waals surface area contributed by atoms with Crippen LogP contribution < -0.4 is 11.1 Å². The van der Waals surface area contributed by atoms with Gasteiger partial charge in [-0.25, -0.2) is 4.98 Å². The minimum Gasteiger partial charge on any atom is -0.391 e. The van der Waals surface area contributed by atoms with Gasteiger partial charge in [0.25, 0.3) is 5.91 Å². The number of nitrogens with one attached hydrogen (secondary N) is 1. The third kappa shape index (κ3) is 5.42. The molecule has 1 aromatic carbocycles. The van der Waals surface area contributed by atoms with E-state index in [1.54, 1.807) is 0 Å². The Kier molecular flexibility index (Phi) is 7.17. The van der Waals surface area contributed by atoms with Gasteiger partial charge in [0.15, 0.2) is 0 Å². The molecule has 5 rings (SSSR count). The second kappa shape index (κ2) is 10.5. The number of aromatic nitrogens is 2. The second-order valence-corrected chi connectivity index (χ2v) is 10.0. The van der Waals surface area contributed by atoms with Crippen LogP contribution in [0.4, 0.5) is 0 Å². The molecule has 1 aromatic heterocycles. The summed E-state index contributed by atoms with van der Waals surface area (Å²) in [7, 11) is 0. The Morgan fingerprint density at radius 2 is 1.94 bits per heavy atom. The zero-order chi connectivity index (χ0) is 24.4. The number of aliphatic hydroxyl groups is 1. The molecule has 0 spiro atoms. The van der Waals surface area contributed by atoms with Crippen molar-refractivity contribution in [3.8, 4) is 0 Å². The molecule has 1 unspecified atom stereocenters. The van der Waals surface area contributed by atoms with Crippen LogP contribution in [0.2, 0.25) is 0 Å². The summed E-state index contributed by atoms with van der Waals surface area (Å²) in [6.07, 6.45) is 3.52. The first kappa shape index (κ1) is 24.0. The van der Waals surface area contributed by atoms with E-state index >= 15 is 0 Å². The number of hydrogen-bond donors (Lipinski definition) is 3. The van der Waals surface area contributed by atoms with Gasteiger partial charge in [-0.3, -0.25) is 14.5 Å². The van der Waals surface area contributed by atoms with Gasteiger partial charge in [0.2, 0.25) is 5.91 Å². The lowest BCUT2D eigenvalue weighted by atomic mass is 9.98. The molecule has 9 heteroatoms. The van der Waals surface area contributed by atoms with E-state index in [1.165, 1.54) is 11.1 Å². The van der Waals surface area contributed by atoms with Crippen molar-refractivity contribution in [2.24, 2.45) is 11.7 Å². The van der Waals surface area contributed by atoms with Crippen LogP contribution in [-0.4, -0.2) is 69.8 Å². The predicted molar refractivity (Wildman–Crippen MR) is 130 cm³/mol. The number of amides is 2. The highest BCUT2D eigenvalue weighted by molar-refractivity contribution is 5.92. The highest BCUT2D eigenvalue weighted by Crippen LogP contribution is 2.24. The quantitative estimate of drug-likeness (QED) is 0.538. The van der Waals surface area contributed by atoms with Crippen molar-refractivity contribution in [2.75, 3.05) is 26.3 Å². The minimum atomic E-state index is -0.656. The normalized spacial score (nSPS) is 21.7. The van der Waals surface area contributed by atoms with Crippen molar-refractivity contribution < 1.29 is 19.4 Å². The lowest BCUT2D eigenvalue weighted by Gasteiger charge is -2.31. The van der Waals surface area contributed by atoms with E-state index in [0.29, 0.717) is 44.8 Å². The van der Waals surface area contributed by atoms with Crippen molar-refractivity contribution in [1.82, 2.24) is 19.8 Å². The van der Waals surface area contributed by atoms with Gasteiger partial charge in [-0.15, -0.1) is 0 Å². The van der Waals surface area contributed by atoms with Crippen LogP contribution in [-0.2, 0) is 41.9 Å². The molecule has 3 aliphatic rings. The predicted octanol–water partition coefficient (Wildman–Crippen LogP) is 0.801. The van der Waals surface area contributed by atoms with E-state index in [-0.39, 0.29) is 23.6 Å². The van der Waals surface area contributed by atoms with Crippen LogP contribution in [0.5, 0.6) is 0 Å². The molecule has 0 bridgehead atoms. The number of fused-ring (bicyclic) bond motifs is 2. The van der Waals surface area contributed by atoms with E-state index in [2.05, 4.69) is 33.4 Å². The number of primary amides is 1. The molecule has 0 saturated carbocycles. The Morgan fingerprint density at radius 3 is 2.71 bits per heavy atom. The largest absolute Gasteiger partial charge is 0.391 e. The van der Waals surface area contributed by atoms with Crippen molar-refractivity contribution in [3.05, 3.63) is 52.6 Å². The lowest BCUT2D eigenvalue weighted by molar-refractivity contribution is -0.128. The molecular weight excluding hydrogens is 446 g/mol. The molecule has 2 aromatic rings. The molecule has 0 aliphatic carbocycles. The van der Waals surface area contributed by atoms with Gasteiger partial charge in [-0.05, 0) is 36.8 Å². The number of nitrogens with two attached hydrogens (primary N) is 1. The van der Waals surface area contributed by atoms with Crippen molar-refractivity contribution in [1.29, 1.82) is 0 Å². The molecule has 2 amide bonds. The smallest absolute Gasteiger partial charge is 0.269 e. The molecule has 35 heavy (non-hydrogen) atoms. The van der Waals surface area contributed by atoms with Crippen LogP contribution in [0.25, 0.3) is 0 Å². The maximum absolute atomic E-state index is 12.8. The first-order chi connectivity index (χ1) is 17.0. The molecular formula is C26H35N5O4. The molecule has 3 aliphatic heterocycles. The summed E-state index contributed by atoms with van der Waals surface area (Å²) in [5.41, 5.74) is 9.24. The Bertz CT molecular complexity index is 1080. The summed E-state index contributed by atoms with van der Waals surface area (Å²) in [5.74, 6) is 0.280. The molecule has 2 atom stereocenters. The molecule has 1 fully saturated rings. The topological polar surface area (TPSA) is 123 Å². The van der Waals surface area contributed by atoms with Gasteiger partial charge < -0.3 is 25.5 Å². The van der Waals surface area contributed by atoms with Crippen LogP contribution in [0.1, 0.15) is 52.4 Å². The first-order valence-corrected chi connectivity index (χ1v) is 12.7. The molecule has 9 nitrogen and oxygen atoms in total. The van der Waals surface area contributed by atoms with Crippen molar-refractivity contribution in [2.45, 2.75) is 63.8 Å². The van der Waals surface area contributed by atoms with Crippen LogP contribution >= 0.6 is 0 Å². The van der Waals surface area contributed by atoms with Crippen molar-refractivity contribution in [3.63, 3.8) is 0 Å². The number of benzene rings is 1. The Balaban J connectivity index is 1.26. The third-order valence-corrected chi connectivity index (χ3v) is 7.55. The summed E-state index contributed by atoms with van der Waals surface area (Å²) in [4.78, 5) is 31.7. The maximum Gasteiger partial charge on any atom is 0.269 e. The lowest BCUT2D eigenvalue weighted by Crippen LogP contribution is -2.45. The third-order valence-electron chi connectivity index (χ3n) is 7.55. The summed E-state index contributed by atoms with van der Waals surface area (Å²) in [5, 5.41) is 14.2. The number of carbonyl (C=O) groups is 2. The number of aryl methyl sites for hydroxylation is 1. The van der Waals surface area contributed by atoms with Gasteiger partial charge in [0, 0.05) is 64.2 Å². The monoisotopic (exact) mass is 481 g/mol. The SMILES string of the molecule is NC(=O)c1nc2n(c1C[C@H](O)CN1CCc3ccccc3C1)CC(NC(=O)C1CCOCC1)CC2. The van der Waals surface area contributed by atoms with Crippen LogP contribution in [0, 0.1) is 5.92 Å². The molecule has 4 N–H and O–H groups in total. The van der Waals surface area contributed by atoms with E-state index in [1.807, 2.05) is 10.6 Å². The van der Waals surface area contributed by atoms with E-state index in [9.17, 15) is 14.7 Å². The second-order valence-electron chi connectivity index (χ2n) is 10.0. The number of hydrogen-bond acceptors (Lipinski definition) is 6. The number of rotatable bonds is 7. The number of carbonyl (C=O) groups excluding carboxylic acids is 2. The van der Waals surface area contributed by atoms with Gasteiger partial charge in [0.05, 0.1) is 11.8 Å². The Hall–Kier alpha value is -2.75. The summed E-state index contributed by atoms with van der Waals surface area (Å²) >= 11 is 0. The number of β-amino-alcohol motifs (C(OH)–C–C–N with tert-alkyl or cyclic N) is 1. The number of aliphatic hydroxyl groups excluding tert-OH is 1. The highest BCUT2D eigenvalue weighted by atomic mass is 16.5. The Labute approximate surface area is 205 Å². The van der Waals surface area contributed by atoms with Gasteiger partial charge in [-0.1, -0.05) is 24.3 Å². The fourth-order valence-electron chi connectivity index (χ4n) is 5.66. The van der Waals surface area contributed by atoms with Crippen LogP contribution in [0.3, 0.4) is 0 Å². The number of nitrogens with zero attached hydrogens (tertiary/aromatic N) is 3. The minimum absolute atomic E-state index is 0.00918.